The molecule has 1 aromatic rings. The number of nitrogens with zero attached hydrogens (tertiary/aromatic N) is 1. The number of hydrogen-bond acceptors (Lipinski definition) is 4. The zero-order chi connectivity index (χ0) is 15.5. The van der Waals surface area contributed by atoms with Crippen molar-refractivity contribution in [1.82, 2.24) is 4.31 Å². The van der Waals surface area contributed by atoms with Gasteiger partial charge in [0.25, 0.3) is 0 Å². The molecule has 1 unspecified atom stereocenters. The molecule has 1 saturated heterocycles. The highest BCUT2D eigenvalue weighted by Gasteiger charge is 2.31. The Bertz CT molecular complexity index is 668. The zero-order valence-electron chi connectivity index (χ0n) is 12.3. The first-order valence-electron chi connectivity index (χ1n) is 6.82. The molecule has 6 heteroatoms. The molecule has 1 heterocycles. The van der Waals surface area contributed by atoms with Crippen LogP contribution in [-0.4, -0.2) is 45.6 Å². The minimum atomic E-state index is -3.55. The van der Waals surface area contributed by atoms with Crippen molar-refractivity contribution in [2.24, 2.45) is 5.73 Å². The SMILES string of the molecule is Cc1ccc(C#CCN)cc1S(=O)(=O)N(C)C1CCOC1. The largest absolute Gasteiger partial charge is 0.380 e. The van der Waals surface area contributed by atoms with Crippen LogP contribution in [0.25, 0.3) is 0 Å². The monoisotopic (exact) mass is 308 g/mol. The fraction of sp³-hybridized carbons (Fsp3) is 0.467. The summed E-state index contributed by atoms with van der Waals surface area (Å²) in [4.78, 5) is 0.292. The van der Waals surface area contributed by atoms with Gasteiger partial charge >= 0.3 is 0 Å². The van der Waals surface area contributed by atoms with Gasteiger partial charge in [0.2, 0.25) is 10.0 Å². The van der Waals surface area contributed by atoms with Crippen molar-refractivity contribution >= 4 is 10.0 Å². The van der Waals surface area contributed by atoms with Gasteiger partial charge in [0, 0.05) is 19.2 Å². The summed E-state index contributed by atoms with van der Waals surface area (Å²) in [5, 5.41) is 0. The number of ether oxygens (including phenoxy) is 1. The van der Waals surface area contributed by atoms with Gasteiger partial charge in [-0.05, 0) is 31.0 Å². The normalized spacial score (nSPS) is 18.6. The third-order valence-electron chi connectivity index (χ3n) is 3.60. The van der Waals surface area contributed by atoms with E-state index >= 15 is 0 Å². The third kappa shape index (κ3) is 3.44. The van der Waals surface area contributed by atoms with Gasteiger partial charge in [0.1, 0.15) is 0 Å². The van der Waals surface area contributed by atoms with Crippen molar-refractivity contribution in [2.45, 2.75) is 24.3 Å². The van der Waals surface area contributed by atoms with Crippen molar-refractivity contribution in [3.63, 3.8) is 0 Å². The highest BCUT2D eigenvalue weighted by molar-refractivity contribution is 7.89. The Morgan fingerprint density at radius 1 is 1.48 bits per heavy atom. The van der Waals surface area contributed by atoms with Crippen LogP contribution in [0.4, 0.5) is 0 Å². The number of hydrogen-bond donors (Lipinski definition) is 1. The highest BCUT2D eigenvalue weighted by Crippen LogP contribution is 2.24. The van der Waals surface area contributed by atoms with Crippen LogP contribution >= 0.6 is 0 Å². The average Bonchev–Trinajstić information content (AvgIpc) is 2.99. The Kier molecular flexibility index (Phi) is 5.01. The molecule has 2 N–H and O–H groups in total. The van der Waals surface area contributed by atoms with Crippen LogP contribution in [-0.2, 0) is 14.8 Å². The molecule has 1 fully saturated rings. The summed E-state index contributed by atoms with van der Waals surface area (Å²) in [5.74, 6) is 5.61. The molecule has 1 atom stereocenters. The molecule has 0 radical (unpaired) electrons. The topological polar surface area (TPSA) is 72.6 Å². The van der Waals surface area contributed by atoms with Crippen LogP contribution in [0.15, 0.2) is 23.1 Å². The molecule has 0 saturated carbocycles. The maximum absolute atomic E-state index is 12.8. The molecular weight excluding hydrogens is 288 g/mol. The summed E-state index contributed by atoms with van der Waals surface area (Å²) >= 11 is 0. The second-order valence-corrected chi connectivity index (χ2v) is 6.99. The van der Waals surface area contributed by atoms with Crippen LogP contribution in [0.1, 0.15) is 17.5 Å². The van der Waals surface area contributed by atoms with Crippen molar-refractivity contribution in [3.8, 4) is 11.8 Å². The Hall–Kier alpha value is -1.39. The van der Waals surface area contributed by atoms with Gasteiger partial charge in [-0.25, -0.2) is 8.42 Å². The van der Waals surface area contributed by atoms with Gasteiger partial charge < -0.3 is 10.5 Å². The summed E-state index contributed by atoms with van der Waals surface area (Å²) < 4.78 is 32.2. The minimum absolute atomic E-state index is 0.104. The Labute approximate surface area is 126 Å². The quantitative estimate of drug-likeness (QED) is 0.835. The van der Waals surface area contributed by atoms with Gasteiger partial charge in [-0.3, -0.25) is 0 Å². The predicted octanol–water partition coefficient (Wildman–Crippen LogP) is 0.715. The van der Waals surface area contributed by atoms with Crippen molar-refractivity contribution in [1.29, 1.82) is 0 Å². The van der Waals surface area contributed by atoms with E-state index in [1.807, 2.05) is 0 Å². The van der Waals surface area contributed by atoms with Crippen molar-refractivity contribution in [2.75, 3.05) is 26.8 Å². The minimum Gasteiger partial charge on any atom is -0.380 e. The fourth-order valence-electron chi connectivity index (χ4n) is 2.27. The van der Waals surface area contributed by atoms with E-state index in [0.717, 1.165) is 6.42 Å². The summed E-state index contributed by atoms with van der Waals surface area (Å²) in [6.07, 6.45) is 0.724. The number of benzene rings is 1. The molecule has 0 aromatic heterocycles. The van der Waals surface area contributed by atoms with Crippen LogP contribution < -0.4 is 5.73 Å². The molecule has 2 rings (SSSR count). The van der Waals surface area contributed by atoms with Gasteiger partial charge in [0.05, 0.1) is 24.1 Å². The van der Waals surface area contributed by atoms with Crippen LogP contribution in [0.3, 0.4) is 0 Å². The Morgan fingerprint density at radius 3 is 2.86 bits per heavy atom. The second kappa shape index (κ2) is 6.58. The second-order valence-electron chi connectivity index (χ2n) is 5.02. The summed E-state index contributed by atoms with van der Waals surface area (Å²) in [6, 6.07) is 5.08. The zero-order valence-corrected chi connectivity index (χ0v) is 13.1. The molecule has 1 aliphatic heterocycles. The first-order chi connectivity index (χ1) is 9.96. The number of nitrogens with two attached hydrogens (primary N) is 1. The number of likely N-dealkylation sites (N-methyl/N-ethyl adjacent to an activating group) is 1. The van der Waals surface area contributed by atoms with Crippen molar-refractivity contribution < 1.29 is 13.2 Å². The molecule has 21 heavy (non-hydrogen) atoms. The van der Waals surface area contributed by atoms with E-state index in [9.17, 15) is 8.42 Å². The van der Waals surface area contributed by atoms with Gasteiger partial charge in [-0.15, -0.1) is 0 Å². The molecule has 5 nitrogen and oxygen atoms in total. The lowest BCUT2D eigenvalue weighted by molar-refractivity contribution is 0.181. The summed E-state index contributed by atoms with van der Waals surface area (Å²) in [5.41, 5.74) is 6.71. The first kappa shape index (κ1) is 16.0. The van der Waals surface area contributed by atoms with E-state index in [-0.39, 0.29) is 12.6 Å². The van der Waals surface area contributed by atoms with E-state index in [2.05, 4.69) is 11.8 Å². The van der Waals surface area contributed by atoms with Gasteiger partial charge in [-0.2, -0.15) is 4.31 Å². The first-order valence-corrected chi connectivity index (χ1v) is 8.26. The van der Waals surface area contributed by atoms with E-state index in [1.165, 1.54) is 4.31 Å². The number of sulfonamides is 1. The van der Waals surface area contributed by atoms with E-state index in [0.29, 0.717) is 29.2 Å². The van der Waals surface area contributed by atoms with E-state index in [4.69, 9.17) is 10.5 Å². The molecule has 0 bridgehead atoms. The van der Waals surface area contributed by atoms with Gasteiger partial charge in [-0.1, -0.05) is 17.9 Å². The Morgan fingerprint density at radius 2 is 2.24 bits per heavy atom. The summed E-state index contributed by atoms with van der Waals surface area (Å²) in [6.45, 7) is 3.08. The van der Waals surface area contributed by atoms with Crippen LogP contribution in [0.5, 0.6) is 0 Å². The van der Waals surface area contributed by atoms with Crippen molar-refractivity contribution in [3.05, 3.63) is 29.3 Å². The average molecular weight is 308 g/mol. The lowest BCUT2D eigenvalue weighted by Crippen LogP contribution is -2.37. The molecule has 1 aromatic carbocycles. The van der Waals surface area contributed by atoms with Crippen LogP contribution in [0.2, 0.25) is 0 Å². The fourth-order valence-corrected chi connectivity index (χ4v) is 3.89. The number of aryl methyl sites for hydroxylation is 1. The van der Waals surface area contributed by atoms with Gasteiger partial charge in [0.15, 0.2) is 0 Å². The molecule has 114 valence electrons. The maximum Gasteiger partial charge on any atom is 0.243 e. The van der Waals surface area contributed by atoms with Crippen LogP contribution in [0, 0.1) is 18.8 Å². The molecule has 0 aliphatic carbocycles. The lowest BCUT2D eigenvalue weighted by atomic mass is 10.1. The number of rotatable bonds is 3. The maximum atomic E-state index is 12.8. The third-order valence-corrected chi connectivity index (χ3v) is 5.65. The molecule has 1 aliphatic rings. The summed E-state index contributed by atoms with van der Waals surface area (Å²) in [7, 11) is -1.94. The Balaban J connectivity index is 2.38. The smallest absolute Gasteiger partial charge is 0.243 e. The van der Waals surface area contributed by atoms with E-state index in [1.54, 1.807) is 32.2 Å². The predicted molar refractivity (Wildman–Crippen MR) is 81.3 cm³/mol. The highest BCUT2D eigenvalue weighted by atomic mass is 32.2. The lowest BCUT2D eigenvalue weighted by Gasteiger charge is -2.23. The standard InChI is InChI=1S/C15H20N2O3S/c1-12-5-6-13(4-3-8-16)10-15(12)21(18,19)17(2)14-7-9-20-11-14/h5-6,10,14H,7-9,11,16H2,1-2H3. The molecular formula is C15H20N2O3S. The van der Waals surface area contributed by atoms with E-state index < -0.39 is 10.0 Å². The molecule has 0 spiro atoms. The molecule has 0 amide bonds.